The second-order valence-electron chi connectivity index (χ2n) is 5.20. The molecule has 1 aromatic rings. The van der Waals surface area contributed by atoms with Crippen molar-refractivity contribution in [3.63, 3.8) is 0 Å². The van der Waals surface area contributed by atoms with Crippen molar-refractivity contribution in [3.8, 4) is 0 Å². The zero-order chi connectivity index (χ0) is 15.5. The molecule has 0 fully saturated rings. The van der Waals surface area contributed by atoms with E-state index in [-0.39, 0.29) is 22.5 Å². The molecular weight excluding hydrogens is 280 g/mol. The van der Waals surface area contributed by atoms with E-state index >= 15 is 0 Å². The molecule has 0 aromatic carbocycles. The molecule has 0 aliphatic carbocycles. The molecule has 7 heteroatoms. The van der Waals surface area contributed by atoms with Gasteiger partial charge in [0, 0.05) is 12.1 Å². The van der Waals surface area contributed by atoms with Gasteiger partial charge in [0.25, 0.3) is 5.91 Å². The van der Waals surface area contributed by atoms with Crippen LogP contribution in [-0.2, 0) is 10.0 Å². The third-order valence-electron chi connectivity index (χ3n) is 3.23. The number of carbonyl (C=O) groups is 1. The van der Waals surface area contributed by atoms with Crippen molar-refractivity contribution in [3.05, 3.63) is 17.6 Å². The first-order valence-electron chi connectivity index (χ1n) is 6.59. The molecule has 114 valence electrons. The van der Waals surface area contributed by atoms with Gasteiger partial charge in [-0.1, -0.05) is 20.3 Å². The van der Waals surface area contributed by atoms with Crippen LogP contribution in [0.4, 0.5) is 0 Å². The smallest absolute Gasteiger partial charge is 0.287 e. The molecule has 0 spiro atoms. The van der Waals surface area contributed by atoms with E-state index in [1.165, 1.54) is 6.92 Å². The number of rotatable bonds is 6. The summed E-state index contributed by atoms with van der Waals surface area (Å²) >= 11 is 0. The van der Waals surface area contributed by atoms with Crippen LogP contribution in [0.15, 0.2) is 15.4 Å². The number of aryl methyl sites for hydroxylation is 1. The van der Waals surface area contributed by atoms with E-state index in [9.17, 15) is 13.2 Å². The van der Waals surface area contributed by atoms with Crippen LogP contribution in [0.1, 0.15) is 49.9 Å². The predicted octanol–water partition coefficient (Wildman–Crippen LogP) is 1.79. The zero-order valence-electron chi connectivity index (χ0n) is 12.3. The molecule has 6 nitrogen and oxygen atoms in total. The minimum atomic E-state index is -3.87. The number of furan rings is 1. The van der Waals surface area contributed by atoms with Crippen LogP contribution in [0, 0.1) is 12.8 Å². The van der Waals surface area contributed by atoms with Crippen LogP contribution in [0.25, 0.3) is 0 Å². The highest BCUT2D eigenvalue weighted by Crippen LogP contribution is 2.19. The molecule has 0 saturated carbocycles. The third-order valence-corrected chi connectivity index (χ3v) is 4.25. The summed E-state index contributed by atoms with van der Waals surface area (Å²) in [4.78, 5) is 11.8. The maximum absolute atomic E-state index is 12.0. The number of nitrogens with one attached hydrogen (secondary N) is 1. The summed E-state index contributed by atoms with van der Waals surface area (Å²) in [5, 5.41) is 7.82. The van der Waals surface area contributed by atoms with Gasteiger partial charge in [-0.05, 0) is 26.2 Å². The molecule has 0 aliphatic heterocycles. The Balaban J connectivity index is 2.79. The fourth-order valence-corrected chi connectivity index (χ4v) is 2.70. The van der Waals surface area contributed by atoms with Gasteiger partial charge in [0.05, 0.1) is 0 Å². The van der Waals surface area contributed by atoms with E-state index in [1.54, 1.807) is 0 Å². The number of sulfonamides is 1. The molecule has 0 bridgehead atoms. The standard InChI is InChI=1S/C13H22N2O4S/c1-5-8(2)6-9(3)15-13(16)11-7-12(10(4)19-11)20(14,17)18/h7-9H,5-6H2,1-4H3,(H,15,16)(H2,14,17,18). The van der Waals surface area contributed by atoms with Gasteiger partial charge in [-0.3, -0.25) is 4.79 Å². The summed E-state index contributed by atoms with van der Waals surface area (Å²) in [7, 11) is -3.87. The molecule has 2 atom stereocenters. The van der Waals surface area contributed by atoms with E-state index in [4.69, 9.17) is 9.56 Å². The first-order valence-corrected chi connectivity index (χ1v) is 8.13. The van der Waals surface area contributed by atoms with Gasteiger partial charge >= 0.3 is 0 Å². The molecule has 3 N–H and O–H groups in total. The zero-order valence-corrected chi connectivity index (χ0v) is 13.1. The van der Waals surface area contributed by atoms with Crippen molar-refractivity contribution in [2.45, 2.75) is 51.5 Å². The average molecular weight is 302 g/mol. The van der Waals surface area contributed by atoms with Crippen molar-refractivity contribution >= 4 is 15.9 Å². The molecule has 1 amide bonds. The molecular formula is C13H22N2O4S. The van der Waals surface area contributed by atoms with E-state index in [2.05, 4.69) is 19.2 Å². The normalized spacial score (nSPS) is 14.8. The van der Waals surface area contributed by atoms with E-state index in [0.29, 0.717) is 5.92 Å². The van der Waals surface area contributed by atoms with Crippen molar-refractivity contribution in [1.29, 1.82) is 0 Å². The Kier molecular flexibility index (Phi) is 5.35. The van der Waals surface area contributed by atoms with Crippen LogP contribution >= 0.6 is 0 Å². The lowest BCUT2D eigenvalue weighted by atomic mass is 10.0. The second-order valence-corrected chi connectivity index (χ2v) is 6.73. The predicted molar refractivity (Wildman–Crippen MR) is 75.8 cm³/mol. The Morgan fingerprint density at radius 3 is 2.50 bits per heavy atom. The number of hydrogen-bond acceptors (Lipinski definition) is 4. The fourth-order valence-electron chi connectivity index (χ4n) is 1.98. The van der Waals surface area contributed by atoms with E-state index < -0.39 is 15.9 Å². The number of carbonyl (C=O) groups excluding carboxylic acids is 1. The minimum absolute atomic E-state index is 0.0132. The van der Waals surface area contributed by atoms with Crippen LogP contribution in [0.2, 0.25) is 0 Å². The Morgan fingerprint density at radius 1 is 1.45 bits per heavy atom. The Hall–Kier alpha value is -1.34. The van der Waals surface area contributed by atoms with Crippen molar-refractivity contribution in [2.24, 2.45) is 11.1 Å². The first kappa shape index (κ1) is 16.7. The van der Waals surface area contributed by atoms with Crippen molar-refractivity contribution < 1.29 is 17.6 Å². The molecule has 1 aromatic heterocycles. The maximum Gasteiger partial charge on any atom is 0.287 e. The van der Waals surface area contributed by atoms with Gasteiger partial charge in [0.15, 0.2) is 5.76 Å². The molecule has 1 rings (SSSR count). The lowest BCUT2D eigenvalue weighted by Crippen LogP contribution is -2.33. The van der Waals surface area contributed by atoms with Gasteiger partial charge in [-0.25, -0.2) is 13.6 Å². The molecule has 1 heterocycles. The summed E-state index contributed by atoms with van der Waals surface area (Å²) in [6.07, 6.45) is 1.89. The van der Waals surface area contributed by atoms with Crippen molar-refractivity contribution in [2.75, 3.05) is 0 Å². The Labute approximate surface area is 119 Å². The molecule has 0 aliphatic rings. The van der Waals surface area contributed by atoms with Crippen LogP contribution < -0.4 is 10.5 Å². The summed E-state index contributed by atoms with van der Waals surface area (Å²) in [6.45, 7) is 7.56. The van der Waals surface area contributed by atoms with Gasteiger partial charge < -0.3 is 9.73 Å². The molecule has 20 heavy (non-hydrogen) atoms. The van der Waals surface area contributed by atoms with E-state index in [1.807, 2.05) is 6.92 Å². The topological polar surface area (TPSA) is 102 Å². The van der Waals surface area contributed by atoms with Crippen LogP contribution in [0.5, 0.6) is 0 Å². The highest BCUT2D eigenvalue weighted by atomic mass is 32.2. The second kappa shape index (κ2) is 6.41. The third kappa shape index (κ3) is 4.35. The van der Waals surface area contributed by atoms with Gasteiger partial charge in [0.1, 0.15) is 10.7 Å². The van der Waals surface area contributed by atoms with Crippen LogP contribution in [-0.4, -0.2) is 20.4 Å². The SMILES string of the molecule is CCC(C)CC(C)NC(=O)c1cc(S(N)(=O)=O)c(C)o1. The summed E-state index contributed by atoms with van der Waals surface area (Å²) in [6, 6.07) is 1.15. The van der Waals surface area contributed by atoms with Gasteiger partial charge in [-0.15, -0.1) is 0 Å². The maximum atomic E-state index is 12.0. The van der Waals surface area contributed by atoms with Gasteiger partial charge in [0.2, 0.25) is 10.0 Å². The highest BCUT2D eigenvalue weighted by Gasteiger charge is 2.22. The minimum Gasteiger partial charge on any atom is -0.455 e. The summed E-state index contributed by atoms with van der Waals surface area (Å²) < 4.78 is 27.7. The largest absolute Gasteiger partial charge is 0.455 e. The quantitative estimate of drug-likeness (QED) is 0.836. The highest BCUT2D eigenvalue weighted by molar-refractivity contribution is 7.89. The lowest BCUT2D eigenvalue weighted by Gasteiger charge is -2.16. The fraction of sp³-hybridized carbons (Fsp3) is 0.615. The van der Waals surface area contributed by atoms with Crippen LogP contribution in [0.3, 0.4) is 0 Å². The lowest BCUT2D eigenvalue weighted by molar-refractivity contribution is 0.0906. The number of nitrogens with two attached hydrogens (primary N) is 1. The average Bonchev–Trinajstić information content (AvgIpc) is 2.70. The van der Waals surface area contributed by atoms with Gasteiger partial charge in [-0.2, -0.15) is 0 Å². The molecule has 0 saturated heterocycles. The first-order chi connectivity index (χ1) is 9.15. The summed E-state index contributed by atoms with van der Waals surface area (Å²) in [5.74, 6) is 0.150. The number of primary sulfonamides is 1. The Morgan fingerprint density at radius 2 is 2.05 bits per heavy atom. The van der Waals surface area contributed by atoms with E-state index in [0.717, 1.165) is 18.9 Å². The number of amides is 1. The van der Waals surface area contributed by atoms with Crippen molar-refractivity contribution in [1.82, 2.24) is 5.32 Å². The summed E-state index contributed by atoms with van der Waals surface area (Å²) in [5.41, 5.74) is 0. The Bertz CT molecular complexity index is 577. The molecule has 2 unspecified atom stereocenters. The molecule has 0 radical (unpaired) electrons. The number of hydrogen-bond donors (Lipinski definition) is 2. The monoisotopic (exact) mass is 302 g/mol.